The van der Waals surface area contributed by atoms with Crippen LogP contribution in [0.4, 0.5) is 0 Å². The van der Waals surface area contributed by atoms with E-state index in [1.54, 1.807) is 22.5 Å². The molecule has 0 N–H and O–H groups in total. The van der Waals surface area contributed by atoms with Crippen LogP contribution in [0, 0.1) is 0 Å². The Labute approximate surface area is 144 Å². The van der Waals surface area contributed by atoms with E-state index in [0.29, 0.717) is 29.0 Å². The Morgan fingerprint density at radius 1 is 0.957 bits per heavy atom. The van der Waals surface area contributed by atoms with Crippen molar-refractivity contribution in [3.8, 4) is 0 Å². The van der Waals surface area contributed by atoms with Crippen molar-refractivity contribution in [3.63, 3.8) is 0 Å². The standard InChI is InChI=1S/C17H25ClN2O2S/c18-15-6-5-7-17(14-15)23(21,22)20-12-8-16(9-13-20)19-10-3-1-2-4-11-19/h5-7,14,16H,1-4,8-13H2. The second-order valence-corrected chi connectivity index (χ2v) is 8.92. The highest BCUT2D eigenvalue weighted by Crippen LogP contribution is 2.26. The topological polar surface area (TPSA) is 40.6 Å². The zero-order chi connectivity index (χ0) is 16.3. The first kappa shape index (κ1) is 17.2. The van der Waals surface area contributed by atoms with Gasteiger partial charge in [-0.2, -0.15) is 4.31 Å². The van der Waals surface area contributed by atoms with Crippen LogP contribution in [0.1, 0.15) is 38.5 Å². The average molecular weight is 357 g/mol. The molecule has 6 heteroatoms. The van der Waals surface area contributed by atoms with Crippen molar-refractivity contribution in [2.45, 2.75) is 49.5 Å². The summed E-state index contributed by atoms with van der Waals surface area (Å²) in [4.78, 5) is 2.88. The van der Waals surface area contributed by atoms with Gasteiger partial charge in [-0.1, -0.05) is 30.5 Å². The van der Waals surface area contributed by atoms with E-state index in [1.807, 2.05) is 0 Å². The summed E-state index contributed by atoms with van der Waals surface area (Å²) < 4.78 is 27.1. The van der Waals surface area contributed by atoms with E-state index in [0.717, 1.165) is 12.8 Å². The van der Waals surface area contributed by atoms with Crippen LogP contribution in [0.15, 0.2) is 29.2 Å². The van der Waals surface area contributed by atoms with E-state index >= 15 is 0 Å². The van der Waals surface area contributed by atoms with Crippen molar-refractivity contribution >= 4 is 21.6 Å². The summed E-state index contributed by atoms with van der Waals surface area (Å²) in [6, 6.07) is 7.10. The van der Waals surface area contributed by atoms with Crippen LogP contribution in [-0.2, 0) is 10.0 Å². The molecule has 23 heavy (non-hydrogen) atoms. The van der Waals surface area contributed by atoms with Gasteiger partial charge in [-0.05, 0) is 57.0 Å². The predicted molar refractivity (Wildman–Crippen MR) is 93.3 cm³/mol. The highest BCUT2D eigenvalue weighted by molar-refractivity contribution is 7.89. The maximum Gasteiger partial charge on any atom is 0.243 e. The first-order valence-electron chi connectivity index (χ1n) is 8.57. The molecule has 0 amide bonds. The molecule has 4 nitrogen and oxygen atoms in total. The van der Waals surface area contributed by atoms with E-state index in [-0.39, 0.29) is 0 Å². The molecule has 2 aliphatic heterocycles. The minimum atomic E-state index is -3.42. The predicted octanol–water partition coefficient (Wildman–Crippen LogP) is 3.37. The molecule has 2 saturated heterocycles. The Bertz CT molecular complexity index is 619. The van der Waals surface area contributed by atoms with E-state index in [1.165, 1.54) is 44.8 Å². The fourth-order valence-corrected chi connectivity index (χ4v) is 5.46. The summed E-state index contributed by atoms with van der Waals surface area (Å²) in [6.45, 7) is 3.56. The average Bonchev–Trinajstić information content (AvgIpc) is 2.84. The molecular weight excluding hydrogens is 332 g/mol. The van der Waals surface area contributed by atoms with Gasteiger partial charge >= 0.3 is 0 Å². The van der Waals surface area contributed by atoms with Crippen LogP contribution in [0.2, 0.25) is 5.02 Å². The number of likely N-dealkylation sites (tertiary alicyclic amines) is 1. The lowest BCUT2D eigenvalue weighted by Gasteiger charge is -2.37. The molecular formula is C17H25ClN2O2S. The molecule has 0 spiro atoms. The summed E-state index contributed by atoms with van der Waals surface area (Å²) >= 11 is 5.94. The van der Waals surface area contributed by atoms with E-state index < -0.39 is 10.0 Å². The minimum absolute atomic E-state index is 0.304. The van der Waals surface area contributed by atoms with Crippen LogP contribution in [0.25, 0.3) is 0 Å². The summed E-state index contributed by atoms with van der Waals surface area (Å²) in [6.07, 6.45) is 7.08. The van der Waals surface area contributed by atoms with Crippen LogP contribution < -0.4 is 0 Å². The summed E-state index contributed by atoms with van der Waals surface area (Å²) in [7, 11) is -3.42. The van der Waals surface area contributed by atoms with Gasteiger partial charge in [0.2, 0.25) is 10.0 Å². The Balaban J connectivity index is 1.64. The third-order valence-electron chi connectivity index (χ3n) is 5.01. The number of benzene rings is 1. The van der Waals surface area contributed by atoms with Crippen LogP contribution in [0.3, 0.4) is 0 Å². The van der Waals surface area contributed by atoms with Gasteiger partial charge < -0.3 is 4.90 Å². The van der Waals surface area contributed by atoms with Crippen LogP contribution in [-0.4, -0.2) is 49.8 Å². The molecule has 0 aromatic heterocycles. The number of rotatable bonds is 3. The molecule has 0 unspecified atom stereocenters. The van der Waals surface area contributed by atoms with Gasteiger partial charge in [-0.15, -0.1) is 0 Å². The first-order valence-corrected chi connectivity index (χ1v) is 10.4. The number of sulfonamides is 1. The fraction of sp³-hybridized carbons (Fsp3) is 0.647. The normalized spacial score (nSPS) is 22.8. The highest BCUT2D eigenvalue weighted by Gasteiger charge is 2.31. The number of halogens is 1. The molecule has 0 radical (unpaired) electrons. The lowest BCUT2D eigenvalue weighted by molar-refractivity contribution is 0.144. The Morgan fingerprint density at radius 2 is 1.61 bits per heavy atom. The zero-order valence-corrected chi connectivity index (χ0v) is 15.0. The van der Waals surface area contributed by atoms with Gasteiger partial charge in [0.1, 0.15) is 0 Å². The zero-order valence-electron chi connectivity index (χ0n) is 13.5. The molecule has 2 heterocycles. The van der Waals surface area contributed by atoms with Gasteiger partial charge in [0.15, 0.2) is 0 Å². The Morgan fingerprint density at radius 3 is 2.22 bits per heavy atom. The smallest absolute Gasteiger partial charge is 0.243 e. The minimum Gasteiger partial charge on any atom is -0.300 e. The number of hydrogen-bond donors (Lipinski definition) is 0. The largest absolute Gasteiger partial charge is 0.300 e. The Hall–Kier alpha value is -0.620. The summed E-state index contributed by atoms with van der Waals surface area (Å²) in [5.41, 5.74) is 0. The van der Waals surface area contributed by atoms with Crippen molar-refractivity contribution < 1.29 is 8.42 Å². The molecule has 0 bridgehead atoms. The van der Waals surface area contributed by atoms with Crippen molar-refractivity contribution in [1.82, 2.24) is 9.21 Å². The third kappa shape index (κ3) is 4.08. The Kier molecular flexibility index (Phi) is 5.62. The van der Waals surface area contributed by atoms with Gasteiger partial charge in [0.25, 0.3) is 0 Å². The fourth-order valence-electron chi connectivity index (χ4n) is 3.68. The second kappa shape index (κ2) is 7.51. The molecule has 1 aromatic carbocycles. The van der Waals surface area contributed by atoms with E-state index in [2.05, 4.69) is 4.90 Å². The molecule has 2 aliphatic rings. The number of hydrogen-bond acceptors (Lipinski definition) is 3. The van der Waals surface area contributed by atoms with Gasteiger partial charge in [0, 0.05) is 24.2 Å². The molecule has 3 rings (SSSR count). The summed E-state index contributed by atoms with van der Waals surface area (Å²) in [5, 5.41) is 0.463. The van der Waals surface area contributed by atoms with Gasteiger partial charge in [-0.3, -0.25) is 0 Å². The van der Waals surface area contributed by atoms with Crippen LogP contribution >= 0.6 is 11.6 Å². The summed E-state index contributed by atoms with van der Waals surface area (Å²) in [5.74, 6) is 0. The SMILES string of the molecule is O=S(=O)(c1cccc(Cl)c1)N1CCC(N2CCCCCC2)CC1. The van der Waals surface area contributed by atoms with E-state index in [4.69, 9.17) is 11.6 Å². The maximum absolute atomic E-state index is 12.7. The monoisotopic (exact) mass is 356 g/mol. The van der Waals surface area contributed by atoms with Crippen molar-refractivity contribution in [1.29, 1.82) is 0 Å². The lowest BCUT2D eigenvalue weighted by atomic mass is 10.0. The van der Waals surface area contributed by atoms with Crippen LogP contribution in [0.5, 0.6) is 0 Å². The molecule has 128 valence electrons. The molecule has 0 saturated carbocycles. The maximum atomic E-state index is 12.7. The highest BCUT2D eigenvalue weighted by atomic mass is 35.5. The van der Waals surface area contributed by atoms with Gasteiger partial charge in [-0.25, -0.2) is 8.42 Å². The number of nitrogens with zero attached hydrogens (tertiary/aromatic N) is 2. The van der Waals surface area contributed by atoms with E-state index in [9.17, 15) is 8.42 Å². The second-order valence-electron chi connectivity index (χ2n) is 6.54. The molecule has 0 atom stereocenters. The molecule has 1 aromatic rings. The first-order chi connectivity index (χ1) is 11.1. The molecule has 2 fully saturated rings. The quantitative estimate of drug-likeness (QED) is 0.833. The van der Waals surface area contributed by atoms with Gasteiger partial charge in [0.05, 0.1) is 4.90 Å². The number of piperidine rings is 1. The molecule has 0 aliphatic carbocycles. The van der Waals surface area contributed by atoms with Crippen molar-refractivity contribution in [2.75, 3.05) is 26.2 Å². The van der Waals surface area contributed by atoms with Crippen molar-refractivity contribution in [3.05, 3.63) is 29.3 Å². The van der Waals surface area contributed by atoms with Crippen molar-refractivity contribution in [2.24, 2.45) is 0 Å². The third-order valence-corrected chi connectivity index (χ3v) is 7.14. The lowest BCUT2D eigenvalue weighted by Crippen LogP contribution is -2.46.